The summed E-state index contributed by atoms with van der Waals surface area (Å²) in [5.74, 6) is -0.329. The number of aromatic nitrogens is 1. The van der Waals surface area contributed by atoms with Crippen LogP contribution in [0.25, 0.3) is 0 Å². The number of hydrogen-bond acceptors (Lipinski definition) is 9. The minimum absolute atomic E-state index is 0.0424. The maximum Gasteiger partial charge on any atom is 0.284 e. The number of nitrogens with one attached hydrogen (secondary N) is 1. The van der Waals surface area contributed by atoms with Crippen LogP contribution < -0.4 is 5.32 Å². The Bertz CT molecular complexity index is 1080. The lowest BCUT2D eigenvalue weighted by Gasteiger charge is -2.34. The highest BCUT2D eigenvalue weighted by molar-refractivity contribution is 8.01. The Labute approximate surface area is 197 Å². The molecule has 1 fully saturated rings. The Kier molecular flexibility index (Phi) is 7.53. The number of thiazole rings is 1. The number of nitrogens with zero attached hydrogens (tertiary/aromatic N) is 3. The molecular weight excluding hydrogens is 468 g/mol. The molecule has 0 bridgehead atoms. The van der Waals surface area contributed by atoms with E-state index >= 15 is 0 Å². The first kappa shape index (κ1) is 22.9. The molecule has 0 spiro atoms. The number of thiophene rings is 1. The first-order chi connectivity index (χ1) is 15.5. The van der Waals surface area contributed by atoms with Crippen LogP contribution in [0.3, 0.4) is 0 Å². The fraction of sp³-hybridized carbons (Fsp3) is 0.333. The summed E-state index contributed by atoms with van der Waals surface area (Å²) in [6, 6.07) is 8.69. The van der Waals surface area contributed by atoms with Gasteiger partial charge in [-0.2, -0.15) is 0 Å². The van der Waals surface area contributed by atoms with Gasteiger partial charge in [-0.3, -0.25) is 19.8 Å². The first-order valence-corrected chi connectivity index (χ1v) is 12.6. The topological polar surface area (TPSA) is 97.6 Å². The number of morpholine rings is 1. The molecule has 1 aromatic carbocycles. The number of rotatable bonds is 8. The van der Waals surface area contributed by atoms with Gasteiger partial charge < -0.3 is 10.1 Å². The maximum absolute atomic E-state index is 12.9. The molecule has 32 heavy (non-hydrogen) atoms. The second-order valence-electron chi connectivity index (χ2n) is 7.19. The van der Waals surface area contributed by atoms with Crippen molar-refractivity contribution in [2.75, 3.05) is 32.8 Å². The average molecular weight is 491 g/mol. The molecule has 4 rings (SSSR count). The third kappa shape index (κ3) is 5.54. The summed E-state index contributed by atoms with van der Waals surface area (Å²) in [6.07, 6.45) is 0. The molecule has 3 aromatic rings. The Balaban J connectivity index is 1.48. The van der Waals surface area contributed by atoms with Crippen LogP contribution >= 0.6 is 34.4 Å². The van der Waals surface area contributed by atoms with E-state index in [9.17, 15) is 14.9 Å². The minimum atomic E-state index is -0.457. The fourth-order valence-electron chi connectivity index (χ4n) is 3.43. The highest BCUT2D eigenvalue weighted by atomic mass is 32.2. The molecule has 1 amide bonds. The van der Waals surface area contributed by atoms with E-state index in [4.69, 9.17) is 4.74 Å². The van der Waals surface area contributed by atoms with Crippen LogP contribution in [0.4, 0.5) is 5.69 Å². The van der Waals surface area contributed by atoms with Gasteiger partial charge in [0.05, 0.1) is 29.1 Å². The SMILES string of the molecule is Cc1csc(Sc2ccc(C(=O)NC[C@H](c3cccs3)N3CCOCC3)cc2[N+](=O)[O-])n1. The molecule has 0 radical (unpaired) electrons. The van der Waals surface area contributed by atoms with Gasteiger partial charge in [0.25, 0.3) is 11.6 Å². The molecule has 3 heterocycles. The van der Waals surface area contributed by atoms with E-state index in [2.05, 4.69) is 21.3 Å². The van der Waals surface area contributed by atoms with E-state index in [-0.39, 0.29) is 23.2 Å². The number of nitro groups is 1. The number of benzene rings is 1. The third-order valence-corrected chi connectivity index (χ3v) is 8.12. The van der Waals surface area contributed by atoms with Gasteiger partial charge in [-0.15, -0.1) is 22.7 Å². The molecular formula is C21H22N4O4S3. The molecule has 8 nitrogen and oxygen atoms in total. The Morgan fingerprint density at radius 3 is 2.81 bits per heavy atom. The number of carbonyl (C=O) groups is 1. The minimum Gasteiger partial charge on any atom is -0.379 e. The van der Waals surface area contributed by atoms with Crippen molar-refractivity contribution in [2.24, 2.45) is 0 Å². The fourth-order valence-corrected chi connectivity index (χ4v) is 6.17. The first-order valence-electron chi connectivity index (χ1n) is 10.0. The molecule has 1 aliphatic heterocycles. The number of nitro benzene ring substituents is 1. The Morgan fingerprint density at radius 1 is 1.34 bits per heavy atom. The molecule has 11 heteroatoms. The van der Waals surface area contributed by atoms with Gasteiger partial charge in [0.2, 0.25) is 0 Å². The largest absolute Gasteiger partial charge is 0.379 e. The lowest BCUT2D eigenvalue weighted by Crippen LogP contribution is -2.43. The van der Waals surface area contributed by atoms with Crippen LogP contribution in [0.2, 0.25) is 0 Å². The van der Waals surface area contributed by atoms with Crippen LogP contribution in [0.15, 0.2) is 50.3 Å². The van der Waals surface area contributed by atoms with Crippen LogP contribution in [-0.4, -0.2) is 53.6 Å². The summed E-state index contributed by atoms with van der Waals surface area (Å²) in [4.78, 5) is 32.3. The van der Waals surface area contributed by atoms with E-state index in [0.29, 0.717) is 24.7 Å². The van der Waals surface area contributed by atoms with Crippen LogP contribution in [0, 0.1) is 17.0 Å². The van der Waals surface area contributed by atoms with Gasteiger partial charge in [-0.05, 0) is 30.5 Å². The van der Waals surface area contributed by atoms with Gasteiger partial charge >= 0.3 is 0 Å². The maximum atomic E-state index is 12.9. The van der Waals surface area contributed by atoms with Crippen LogP contribution in [0.1, 0.15) is 27.0 Å². The highest BCUT2D eigenvalue weighted by Crippen LogP contribution is 2.37. The Morgan fingerprint density at radius 2 is 2.16 bits per heavy atom. The van der Waals surface area contributed by atoms with E-state index in [0.717, 1.165) is 23.1 Å². The zero-order valence-electron chi connectivity index (χ0n) is 17.4. The van der Waals surface area contributed by atoms with Crippen molar-refractivity contribution in [3.63, 3.8) is 0 Å². The molecule has 1 atom stereocenters. The van der Waals surface area contributed by atoms with Crippen molar-refractivity contribution < 1.29 is 14.5 Å². The zero-order chi connectivity index (χ0) is 22.5. The van der Waals surface area contributed by atoms with Crippen molar-refractivity contribution in [2.45, 2.75) is 22.2 Å². The van der Waals surface area contributed by atoms with Crippen LogP contribution in [-0.2, 0) is 4.74 Å². The van der Waals surface area contributed by atoms with Gasteiger partial charge in [0.15, 0.2) is 4.34 Å². The summed E-state index contributed by atoms with van der Waals surface area (Å²) >= 11 is 4.32. The molecule has 1 N–H and O–H groups in total. The Hall–Kier alpha value is -2.31. The standard InChI is InChI=1S/C21H22N4O4S3/c1-14-13-31-21(23-14)32-19-5-4-15(11-16(19)25(27)28)20(26)22-12-17(18-3-2-10-30-18)24-6-8-29-9-7-24/h2-5,10-11,13,17H,6-9,12H2,1H3,(H,22,26)/t17-/m1/s1. The van der Waals surface area contributed by atoms with E-state index in [1.807, 2.05) is 23.8 Å². The van der Waals surface area contributed by atoms with Gasteiger partial charge in [-0.1, -0.05) is 17.8 Å². The molecule has 2 aromatic heterocycles. The summed E-state index contributed by atoms with van der Waals surface area (Å²) < 4.78 is 6.19. The van der Waals surface area contributed by atoms with Crippen molar-refractivity contribution in [3.8, 4) is 0 Å². The molecule has 0 unspecified atom stereocenters. The van der Waals surface area contributed by atoms with Crippen molar-refractivity contribution in [3.05, 3.63) is 67.3 Å². The van der Waals surface area contributed by atoms with Gasteiger partial charge in [0, 0.05) is 47.2 Å². The highest BCUT2D eigenvalue weighted by Gasteiger charge is 2.25. The summed E-state index contributed by atoms with van der Waals surface area (Å²) in [6.45, 7) is 5.22. The predicted molar refractivity (Wildman–Crippen MR) is 126 cm³/mol. The van der Waals surface area contributed by atoms with E-state index in [1.165, 1.54) is 34.0 Å². The smallest absolute Gasteiger partial charge is 0.284 e. The normalized spacial score (nSPS) is 15.4. The molecule has 1 aliphatic rings. The third-order valence-electron chi connectivity index (χ3n) is 5.03. The number of hydrogen-bond donors (Lipinski definition) is 1. The van der Waals surface area contributed by atoms with Crippen molar-refractivity contribution >= 4 is 46.0 Å². The second kappa shape index (κ2) is 10.5. The summed E-state index contributed by atoms with van der Waals surface area (Å²) in [5, 5.41) is 18.5. The van der Waals surface area contributed by atoms with Gasteiger partial charge in [0.1, 0.15) is 0 Å². The molecule has 0 saturated carbocycles. The lowest BCUT2D eigenvalue weighted by molar-refractivity contribution is -0.387. The van der Waals surface area contributed by atoms with E-state index in [1.54, 1.807) is 23.5 Å². The van der Waals surface area contributed by atoms with E-state index < -0.39 is 4.92 Å². The second-order valence-corrected chi connectivity index (χ2v) is 10.3. The predicted octanol–water partition coefficient (Wildman–Crippen LogP) is 4.38. The summed E-state index contributed by atoms with van der Waals surface area (Å²) in [5.41, 5.74) is 1.04. The number of aryl methyl sites for hydroxylation is 1. The van der Waals surface area contributed by atoms with Crippen LogP contribution in [0.5, 0.6) is 0 Å². The monoisotopic (exact) mass is 490 g/mol. The molecule has 1 saturated heterocycles. The summed E-state index contributed by atoms with van der Waals surface area (Å²) in [7, 11) is 0. The average Bonchev–Trinajstić information content (AvgIpc) is 3.47. The van der Waals surface area contributed by atoms with Gasteiger partial charge in [-0.25, -0.2) is 4.98 Å². The quantitative estimate of drug-likeness (QED) is 0.370. The number of amides is 1. The molecule has 168 valence electrons. The molecule has 0 aliphatic carbocycles. The lowest BCUT2D eigenvalue weighted by atomic mass is 10.1. The van der Waals surface area contributed by atoms with Crippen molar-refractivity contribution in [1.29, 1.82) is 0 Å². The number of ether oxygens (including phenoxy) is 1. The van der Waals surface area contributed by atoms with Crippen molar-refractivity contribution in [1.82, 2.24) is 15.2 Å². The number of carbonyl (C=O) groups excluding carboxylic acids is 1. The zero-order valence-corrected chi connectivity index (χ0v) is 19.8.